The highest BCUT2D eigenvalue weighted by atomic mass is 19.1. The van der Waals surface area contributed by atoms with Crippen molar-refractivity contribution in [1.29, 1.82) is 0 Å². The number of fused-ring (bicyclic) bond motifs is 1. The number of carbonyl (C=O) groups excluding carboxylic acids is 1. The molecule has 24 heavy (non-hydrogen) atoms. The molecule has 3 aromatic rings. The van der Waals surface area contributed by atoms with Crippen LogP contribution in [-0.2, 0) is 9.53 Å². The van der Waals surface area contributed by atoms with Crippen molar-refractivity contribution < 1.29 is 13.9 Å². The van der Waals surface area contributed by atoms with E-state index in [1.165, 1.54) is 12.1 Å². The number of aliphatic imine (C=N–C) groups is 1. The summed E-state index contributed by atoms with van der Waals surface area (Å²) in [5, 5.41) is 2.15. The Morgan fingerprint density at radius 3 is 2.46 bits per heavy atom. The van der Waals surface area contributed by atoms with Crippen molar-refractivity contribution in [2.75, 3.05) is 0 Å². The number of esters is 1. The van der Waals surface area contributed by atoms with Crippen LogP contribution in [0.5, 0.6) is 0 Å². The summed E-state index contributed by atoms with van der Waals surface area (Å²) in [6.07, 6.45) is 1.58. The second-order valence-corrected chi connectivity index (χ2v) is 5.45. The Kier molecular flexibility index (Phi) is 3.43. The minimum Gasteiger partial charge on any atom is -0.402 e. The molecule has 1 aliphatic rings. The van der Waals surface area contributed by atoms with Crippen molar-refractivity contribution in [3.05, 3.63) is 89.4 Å². The van der Waals surface area contributed by atoms with Crippen molar-refractivity contribution in [2.24, 2.45) is 4.99 Å². The predicted octanol–water partition coefficient (Wildman–Crippen LogP) is 4.32. The van der Waals surface area contributed by atoms with Crippen LogP contribution in [0.15, 0.2) is 77.4 Å². The molecule has 4 heteroatoms. The van der Waals surface area contributed by atoms with E-state index < -0.39 is 5.97 Å². The van der Waals surface area contributed by atoms with E-state index in [9.17, 15) is 9.18 Å². The van der Waals surface area contributed by atoms with E-state index in [-0.39, 0.29) is 17.4 Å². The maximum atomic E-state index is 12.9. The SMILES string of the molecule is O=C1OC(c2ccc3ccccc3c2)=N/C1=C\c1ccc(F)cc1. The van der Waals surface area contributed by atoms with Crippen LogP contribution >= 0.6 is 0 Å². The second-order valence-electron chi connectivity index (χ2n) is 5.45. The number of carbonyl (C=O) groups is 1. The molecule has 0 spiro atoms. The standard InChI is InChI=1S/C20H12FNO2/c21-17-9-5-13(6-10-17)11-18-20(23)24-19(22-18)16-8-7-14-3-1-2-4-15(14)12-16/h1-12H/b18-11-. The largest absolute Gasteiger partial charge is 0.402 e. The second kappa shape index (κ2) is 5.74. The lowest BCUT2D eigenvalue weighted by atomic mass is 10.1. The van der Waals surface area contributed by atoms with Crippen LogP contribution in [0.1, 0.15) is 11.1 Å². The van der Waals surface area contributed by atoms with Crippen LogP contribution in [0.3, 0.4) is 0 Å². The van der Waals surface area contributed by atoms with Crippen LogP contribution in [0, 0.1) is 5.82 Å². The van der Waals surface area contributed by atoms with Gasteiger partial charge in [-0.2, -0.15) is 0 Å². The van der Waals surface area contributed by atoms with E-state index in [1.807, 2.05) is 42.5 Å². The molecule has 0 radical (unpaired) electrons. The predicted molar refractivity (Wildman–Crippen MR) is 91.0 cm³/mol. The van der Waals surface area contributed by atoms with Gasteiger partial charge < -0.3 is 4.74 Å². The Labute approximate surface area is 137 Å². The summed E-state index contributed by atoms with van der Waals surface area (Å²) in [5.74, 6) is -0.562. The average Bonchev–Trinajstić information content (AvgIpc) is 2.97. The van der Waals surface area contributed by atoms with Crippen molar-refractivity contribution in [2.45, 2.75) is 0 Å². The maximum Gasteiger partial charge on any atom is 0.363 e. The van der Waals surface area contributed by atoms with Gasteiger partial charge in [-0.05, 0) is 46.7 Å². The van der Waals surface area contributed by atoms with Gasteiger partial charge in [0.15, 0.2) is 5.70 Å². The number of nitrogens with zero attached hydrogens (tertiary/aromatic N) is 1. The molecule has 0 bridgehead atoms. The first-order valence-corrected chi connectivity index (χ1v) is 7.46. The Bertz CT molecular complexity index is 1000. The van der Waals surface area contributed by atoms with E-state index >= 15 is 0 Å². The molecule has 3 aromatic carbocycles. The highest BCUT2D eigenvalue weighted by Crippen LogP contribution is 2.22. The van der Waals surface area contributed by atoms with E-state index in [1.54, 1.807) is 18.2 Å². The Morgan fingerprint density at radius 1 is 0.917 bits per heavy atom. The van der Waals surface area contributed by atoms with Gasteiger partial charge in [-0.15, -0.1) is 0 Å². The molecule has 0 N–H and O–H groups in total. The quantitative estimate of drug-likeness (QED) is 0.521. The molecule has 0 atom stereocenters. The zero-order chi connectivity index (χ0) is 16.5. The number of hydrogen-bond acceptors (Lipinski definition) is 3. The van der Waals surface area contributed by atoms with Crippen LogP contribution in [0.4, 0.5) is 4.39 Å². The average molecular weight is 317 g/mol. The smallest absolute Gasteiger partial charge is 0.363 e. The number of ether oxygens (including phenoxy) is 1. The zero-order valence-electron chi connectivity index (χ0n) is 12.6. The van der Waals surface area contributed by atoms with Gasteiger partial charge in [-0.3, -0.25) is 0 Å². The summed E-state index contributed by atoms with van der Waals surface area (Å²) in [4.78, 5) is 16.3. The molecule has 4 rings (SSSR count). The number of hydrogen-bond donors (Lipinski definition) is 0. The van der Waals surface area contributed by atoms with Crippen LogP contribution in [-0.4, -0.2) is 11.9 Å². The number of cyclic esters (lactones) is 1. The minimum atomic E-state index is -0.512. The monoisotopic (exact) mass is 317 g/mol. The molecule has 0 aliphatic carbocycles. The third kappa shape index (κ3) is 2.70. The fraction of sp³-hybridized carbons (Fsp3) is 0. The van der Waals surface area contributed by atoms with Gasteiger partial charge >= 0.3 is 5.97 Å². The molecular formula is C20H12FNO2. The maximum absolute atomic E-state index is 12.9. The molecule has 1 aliphatic heterocycles. The first-order valence-electron chi connectivity index (χ1n) is 7.46. The lowest BCUT2D eigenvalue weighted by Gasteiger charge is -2.02. The van der Waals surface area contributed by atoms with E-state index in [0.29, 0.717) is 5.56 Å². The first kappa shape index (κ1) is 14.3. The Balaban J connectivity index is 1.70. The highest BCUT2D eigenvalue weighted by Gasteiger charge is 2.24. The summed E-state index contributed by atoms with van der Waals surface area (Å²) in [6, 6.07) is 19.5. The molecule has 0 fully saturated rings. The third-order valence-corrected chi connectivity index (χ3v) is 3.79. The topological polar surface area (TPSA) is 38.7 Å². The summed E-state index contributed by atoms with van der Waals surface area (Å²) in [6.45, 7) is 0. The molecule has 0 amide bonds. The number of halogens is 1. The van der Waals surface area contributed by atoms with Crippen molar-refractivity contribution in [3.8, 4) is 0 Å². The van der Waals surface area contributed by atoms with Gasteiger partial charge in [0.1, 0.15) is 5.82 Å². The minimum absolute atomic E-state index is 0.199. The summed E-state index contributed by atoms with van der Waals surface area (Å²) >= 11 is 0. The van der Waals surface area contributed by atoms with Crippen LogP contribution < -0.4 is 0 Å². The van der Waals surface area contributed by atoms with Gasteiger partial charge in [-0.1, -0.05) is 42.5 Å². The fourth-order valence-electron chi connectivity index (χ4n) is 2.57. The van der Waals surface area contributed by atoms with E-state index in [2.05, 4.69) is 4.99 Å². The molecule has 1 heterocycles. The normalized spacial score (nSPS) is 15.6. The van der Waals surface area contributed by atoms with Crippen LogP contribution in [0.25, 0.3) is 16.8 Å². The third-order valence-electron chi connectivity index (χ3n) is 3.79. The molecule has 0 saturated carbocycles. The van der Waals surface area contributed by atoms with E-state index in [0.717, 1.165) is 16.3 Å². The molecule has 0 saturated heterocycles. The van der Waals surface area contributed by atoms with E-state index in [4.69, 9.17) is 4.74 Å². The lowest BCUT2D eigenvalue weighted by Crippen LogP contribution is -2.05. The Morgan fingerprint density at radius 2 is 1.67 bits per heavy atom. The summed E-state index contributed by atoms with van der Waals surface area (Å²) < 4.78 is 18.2. The molecule has 116 valence electrons. The number of rotatable bonds is 2. The fourth-order valence-corrected chi connectivity index (χ4v) is 2.57. The molecule has 0 unspecified atom stereocenters. The van der Waals surface area contributed by atoms with Gasteiger partial charge in [0.2, 0.25) is 5.90 Å². The number of benzene rings is 3. The molecular weight excluding hydrogens is 305 g/mol. The van der Waals surface area contributed by atoms with Crippen LogP contribution in [0.2, 0.25) is 0 Å². The summed E-state index contributed by atoms with van der Waals surface area (Å²) in [7, 11) is 0. The van der Waals surface area contributed by atoms with Gasteiger partial charge in [0.25, 0.3) is 0 Å². The Hall–Kier alpha value is -3.27. The van der Waals surface area contributed by atoms with Crippen molar-refractivity contribution in [1.82, 2.24) is 0 Å². The van der Waals surface area contributed by atoms with Crippen molar-refractivity contribution in [3.63, 3.8) is 0 Å². The van der Waals surface area contributed by atoms with Gasteiger partial charge in [0.05, 0.1) is 0 Å². The van der Waals surface area contributed by atoms with Gasteiger partial charge in [-0.25, -0.2) is 14.2 Å². The summed E-state index contributed by atoms with van der Waals surface area (Å²) in [5.41, 5.74) is 1.63. The highest BCUT2D eigenvalue weighted by molar-refractivity contribution is 6.13. The molecule has 3 nitrogen and oxygen atoms in total. The zero-order valence-corrected chi connectivity index (χ0v) is 12.6. The first-order chi connectivity index (χ1) is 11.7. The molecule has 0 aromatic heterocycles. The van der Waals surface area contributed by atoms with Crippen molar-refractivity contribution >= 4 is 28.7 Å². The van der Waals surface area contributed by atoms with Gasteiger partial charge in [0, 0.05) is 5.56 Å². The lowest BCUT2D eigenvalue weighted by molar-refractivity contribution is -0.129.